The van der Waals surface area contributed by atoms with Gasteiger partial charge in [-0.25, -0.2) is 0 Å². The van der Waals surface area contributed by atoms with E-state index in [0.29, 0.717) is 5.92 Å². The topological polar surface area (TPSA) is 40.5 Å². The Morgan fingerprint density at radius 1 is 1.10 bits per heavy atom. The lowest BCUT2D eigenvalue weighted by atomic mass is 9.77. The Morgan fingerprint density at radius 2 is 1.70 bits per heavy atom. The van der Waals surface area contributed by atoms with E-state index < -0.39 is 0 Å². The van der Waals surface area contributed by atoms with Crippen LogP contribution in [0.5, 0.6) is 0 Å². The first-order valence-corrected chi connectivity index (χ1v) is 8.70. The first kappa shape index (κ1) is 18.0. The molecule has 120 valence electrons. The second-order valence-electron chi connectivity index (χ2n) is 7.91. The van der Waals surface area contributed by atoms with Crippen molar-refractivity contribution >= 4 is 0 Å². The fourth-order valence-electron chi connectivity index (χ4n) is 3.69. The second kappa shape index (κ2) is 8.38. The van der Waals surface area contributed by atoms with Gasteiger partial charge in [0.2, 0.25) is 0 Å². The van der Waals surface area contributed by atoms with Gasteiger partial charge in [-0.15, -0.1) is 0 Å². The third-order valence-electron chi connectivity index (χ3n) is 4.97. The van der Waals surface area contributed by atoms with Gasteiger partial charge >= 0.3 is 0 Å². The Bertz CT molecular complexity index is 252. The average molecular weight is 284 g/mol. The number of hydrogen-bond donors (Lipinski definition) is 2. The average Bonchev–Trinajstić information content (AvgIpc) is 2.34. The molecule has 0 aromatic heterocycles. The second-order valence-corrected chi connectivity index (χ2v) is 7.91. The van der Waals surface area contributed by atoms with E-state index in [9.17, 15) is 10.2 Å². The molecule has 0 amide bonds. The van der Waals surface area contributed by atoms with Gasteiger partial charge in [-0.1, -0.05) is 40.0 Å². The summed E-state index contributed by atoms with van der Waals surface area (Å²) in [6, 6.07) is 0. The fraction of sp³-hybridized carbons (Fsp3) is 1.00. The highest BCUT2D eigenvalue weighted by Gasteiger charge is 2.26. The Balaban J connectivity index is 0.000000217. The maximum absolute atomic E-state index is 9.53. The molecule has 2 nitrogen and oxygen atoms in total. The van der Waals surface area contributed by atoms with Crippen LogP contribution in [0.4, 0.5) is 0 Å². The van der Waals surface area contributed by atoms with Crippen LogP contribution < -0.4 is 0 Å². The van der Waals surface area contributed by atoms with Crippen molar-refractivity contribution in [3.8, 4) is 0 Å². The molecule has 0 aliphatic heterocycles. The van der Waals surface area contributed by atoms with Crippen LogP contribution in [0.25, 0.3) is 0 Å². The minimum Gasteiger partial charge on any atom is -0.393 e. The molecule has 2 aliphatic carbocycles. The van der Waals surface area contributed by atoms with Gasteiger partial charge in [0.05, 0.1) is 11.7 Å². The van der Waals surface area contributed by atoms with Crippen molar-refractivity contribution in [3.05, 3.63) is 0 Å². The van der Waals surface area contributed by atoms with Crippen LogP contribution in [0.2, 0.25) is 0 Å². The molecule has 0 bridgehead atoms. The Morgan fingerprint density at radius 3 is 2.10 bits per heavy atom. The van der Waals surface area contributed by atoms with Gasteiger partial charge in [-0.05, 0) is 63.2 Å². The van der Waals surface area contributed by atoms with Crippen LogP contribution in [0, 0.1) is 17.8 Å². The standard InChI is InChI=1S/C11H22O.C7H14O/c1-8(2)6-10-4-5-11(12)9(3)7-10;1-7(8)5-3-2-4-6-7/h8-12H,4-7H2,1-3H3;8H,2-6H2,1H3. The van der Waals surface area contributed by atoms with Crippen molar-refractivity contribution in [2.24, 2.45) is 17.8 Å². The summed E-state index contributed by atoms with van der Waals surface area (Å²) >= 11 is 0. The summed E-state index contributed by atoms with van der Waals surface area (Å²) in [7, 11) is 0. The molecule has 20 heavy (non-hydrogen) atoms. The monoisotopic (exact) mass is 284 g/mol. The van der Waals surface area contributed by atoms with E-state index in [4.69, 9.17) is 0 Å². The van der Waals surface area contributed by atoms with E-state index >= 15 is 0 Å². The van der Waals surface area contributed by atoms with E-state index in [1.165, 1.54) is 38.5 Å². The van der Waals surface area contributed by atoms with Gasteiger partial charge < -0.3 is 10.2 Å². The smallest absolute Gasteiger partial charge is 0.0619 e. The van der Waals surface area contributed by atoms with Crippen LogP contribution in [-0.2, 0) is 0 Å². The van der Waals surface area contributed by atoms with Crippen LogP contribution >= 0.6 is 0 Å². The Hall–Kier alpha value is -0.0800. The summed E-state index contributed by atoms with van der Waals surface area (Å²) in [6.45, 7) is 8.69. The third kappa shape index (κ3) is 7.08. The summed E-state index contributed by atoms with van der Waals surface area (Å²) in [5.74, 6) is 2.23. The van der Waals surface area contributed by atoms with Gasteiger partial charge in [0.25, 0.3) is 0 Å². The van der Waals surface area contributed by atoms with Crippen molar-refractivity contribution in [1.29, 1.82) is 0 Å². The SMILES string of the molecule is CC(C)CC1CCC(O)C(C)C1.CC1(O)CCCCC1. The van der Waals surface area contributed by atoms with Crippen LogP contribution in [0.15, 0.2) is 0 Å². The van der Waals surface area contributed by atoms with Crippen LogP contribution in [0.3, 0.4) is 0 Å². The number of aliphatic hydroxyl groups is 2. The van der Waals surface area contributed by atoms with E-state index in [-0.39, 0.29) is 11.7 Å². The highest BCUT2D eigenvalue weighted by molar-refractivity contribution is 4.77. The lowest BCUT2D eigenvalue weighted by Gasteiger charge is -2.31. The van der Waals surface area contributed by atoms with Gasteiger partial charge in [0.1, 0.15) is 0 Å². The van der Waals surface area contributed by atoms with E-state index in [1.54, 1.807) is 0 Å². The predicted octanol–water partition coefficient (Wildman–Crippen LogP) is 4.53. The lowest BCUT2D eigenvalue weighted by molar-refractivity contribution is 0.0225. The van der Waals surface area contributed by atoms with E-state index in [1.807, 2.05) is 6.92 Å². The van der Waals surface area contributed by atoms with Crippen molar-refractivity contribution in [1.82, 2.24) is 0 Å². The molecule has 0 heterocycles. The first-order chi connectivity index (χ1) is 9.30. The Labute approximate surface area is 126 Å². The van der Waals surface area contributed by atoms with E-state index in [0.717, 1.165) is 31.1 Å². The van der Waals surface area contributed by atoms with Crippen molar-refractivity contribution in [2.45, 2.75) is 97.2 Å². The highest BCUT2D eigenvalue weighted by Crippen LogP contribution is 2.32. The molecule has 2 N–H and O–H groups in total. The summed E-state index contributed by atoms with van der Waals surface area (Å²) in [6.07, 6.45) is 10.6. The molecular weight excluding hydrogens is 248 g/mol. The normalized spacial score (nSPS) is 33.5. The zero-order valence-electron chi connectivity index (χ0n) is 14.1. The molecule has 0 aromatic carbocycles. The summed E-state index contributed by atoms with van der Waals surface area (Å²) in [5, 5.41) is 18.9. The summed E-state index contributed by atoms with van der Waals surface area (Å²) in [5.41, 5.74) is -0.321. The maximum Gasteiger partial charge on any atom is 0.0619 e. The van der Waals surface area contributed by atoms with Crippen LogP contribution in [0.1, 0.15) is 85.5 Å². The summed E-state index contributed by atoms with van der Waals surface area (Å²) in [4.78, 5) is 0. The minimum absolute atomic E-state index is 0.0200. The van der Waals surface area contributed by atoms with Crippen LogP contribution in [-0.4, -0.2) is 21.9 Å². The molecule has 3 atom stereocenters. The molecule has 0 aromatic rings. The fourth-order valence-corrected chi connectivity index (χ4v) is 3.69. The third-order valence-corrected chi connectivity index (χ3v) is 4.97. The number of hydrogen-bond acceptors (Lipinski definition) is 2. The molecule has 2 fully saturated rings. The predicted molar refractivity (Wildman–Crippen MR) is 85.7 cm³/mol. The maximum atomic E-state index is 9.53. The zero-order valence-corrected chi connectivity index (χ0v) is 14.1. The number of rotatable bonds is 2. The molecule has 0 radical (unpaired) electrons. The van der Waals surface area contributed by atoms with Crippen molar-refractivity contribution in [2.75, 3.05) is 0 Å². The highest BCUT2D eigenvalue weighted by atomic mass is 16.3. The molecule has 2 saturated carbocycles. The Kier molecular flexibility index (Phi) is 7.53. The zero-order chi connectivity index (χ0) is 15.2. The molecule has 2 rings (SSSR count). The first-order valence-electron chi connectivity index (χ1n) is 8.70. The lowest BCUT2D eigenvalue weighted by Crippen LogP contribution is -2.27. The van der Waals surface area contributed by atoms with Gasteiger partial charge in [-0.2, -0.15) is 0 Å². The molecule has 3 unspecified atom stereocenters. The molecule has 0 saturated heterocycles. The quantitative estimate of drug-likeness (QED) is 0.782. The van der Waals surface area contributed by atoms with Gasteiger partial charge in [0, 0.05) is 0 Å². The number of aliphatic hydroxyl groups excluding tert-OH is 1. The van der Waals surface area contributed by atoms with E-state index in [2.05, 4.69) is 20.8 Å². The molecule has 2 heteroatoms. The van der Waals surface area contributed by atoms with Gasteiger partial charge in [-0.3, -0.25) is 0 Å². The van der Waals surface area contributed by atoms with Crippen molar-refractivity contribution < 1.29 is 10.2 Å². The molecular formula is C18H36O2. The largest absolute Gasteiger partial charge is 0.393 e. The molecule has 2 aliphatic rings. The molecule has 0 spiro atoms. The minimum atomic E-state index is -0.321. The van der Waals surface area contributed by atoms with Crippen molar-refractivity contribution in [3.63, 3.8) is 0 Å². The summed E-state index contributed by atoms with van der Waals surface area (Å²) < 4.78 is 0. The van der Waals surface area contributed by atoms with Gasteiger partial charge in [0.15, 0.2) is 0 Å².